The zero-order valence-electron chi connectivity index (χ0n) is 28.4. The molecule has 5 unspecified atom stereocenters. The Morgan fingerprint density at radius 3 is 1.85 bits per heavy atom. The fraction of sp³-hybridized carbons (Fsp3) is 0.590. The molecule has 5 atom stereocenters. The Bertz CT molecular complexity index is 1520. The number of unbranched alkanes of at least 4 members (excludes halogenated alkanes) is 6. The van der Waals surface area contributed by atoms with Crippen LogP contribution in [0.15, 0.2) is 60.4 Å². The van der Waals surface area contributed by atoms with Gasteiger partial charge in [-0.15, -0.1) is 0 Å². The van der Waals surface area contributed by atoms with Crippen LogP contribution in [0.25, 0.3) is 11.0 Å². The highest BCUT2D eigenvalue weighted by molar-refractivity contribution is 5.85. The first-order valence-electron chi connectivity index (χ1n) is 18.0. The van der Waals surface area contributed by atoms with Crippen molar-refractivity contribution < 1.29 is 10.2 Å². The van der Waals surface area contributed by atoms with Gasteiger partial charge in [-0.2, -0.15) is 0 Å². The molecule has 0 saturated heterocycles. The molecule has 7 rings (SSSR count). The van der Waals surface area contributed by atoms with E-state index >= 15 is 0 Å². The van der Waals surface area contributed by atoms with E-state index in [1.54, 1.807) is 0 Å². The number of benzene rings is 2. The Morgan fingerprint density at radius 1 is 0.739 bits per heavy atom. The van der Waals surface area contributed by atoms with Gasteiger partial charge in [0, 0.05) is 43.7 Å². The first-order valence-corrected chi connectivity index (χ1v) is 18.0. The van der Waals surface area contributed by atoms with Crippen molar-refractivity contribution >= 4 is 28.4 Å². The van der Waals surface area contributed by atoms with Crippen molar-refractivity contribution in [3.8, 4) is 0 Å². The third kappa shape index (κ3) is 5.09. The molecule has 2 fully saturated rings. The SMILES string of the molecule is CCCCCCN1C(=CC2C(O)C(C3C4C3C(C)(C)c3ccccc3N4C)C2O)N(CCCCCC)c2nc3ccccc3nc21. The van der Waals surface area contributed by atoms with Crippen LogP contribution >= 0.6 is 0 Å². The lowest BCUT2D eigenvalue weighted by molar-refractivity contribution is -0.143. The van der Waals surface area contributed by atoms with Crippen LogP contribution in [-0.4, -0.2) is 58.6 Å². The summed E-state index contributed by atoms with van der Waals surface area (Å²) in [6, 6.07) is 17.2. The summed E-state index contributed by atoms with van der Waals surface area (Å²) in [6.07, 6.45) is 10.3. The van der Waals surface area contributed by atoms with E-state index in [9.17, 15) is 10.2 Å². The van der Waals surface area contributed by atoms with E-state index in [1.165, 1.54) is 49.8 Å². The van der Waals surface area contributed by atoms with Gasteiger partial charge in [-0.3, -0.25) is 0 Å². The minimum absolute atomic E-state index is 0.00154. The molecule has 2 N–H and O–H groups in total. The standard InChI is InChI=1S/C39H53N5O2/c1-6-8-10-16-22-43-30(44(23-17-11-9-7-2)38-37(43)40-27-19-13-14-20-28(27)41-38)24-25-35(45)32(36(25)46)31-33-34(31)42(5)29-21-15-12-18-26(29)39(33,3)4/h12-15,18-21,24-25,31-36,45-46H,6-11,16-17,22-23H2,1-5H3. The summed E-state index contributed by atoms with van der Waals surface area (Å²) in [5.41, 5.74) is 4.46. The smallest absolute Gasteiger partial charge is 0.178 e. The number of nitrogens with zero attached hydrogens (tertiary/aromatic N) is 5. The van der Waals surface area contributed by atoms with Crippen LogP contribution in [0.1, 0.15) is 84.6 Å². The lowest BCUT2D eigenvalue weighted by Gasteiger charge is -2.47. The molecule has 2 aliphatic heterocycles. The van der Waals surface area contributed by atoms with E-state index in [-0.39, 0.29) is 23.2 Å². The molecule has 7 heteroatoms. The van der Waals surface area contributed by atoms with Gasteiger partial charge in [0.25, 0.3) is 0 Å². The lowest BCUT2D eigenvalue weighted by Crippen LogP contribution is -2.57. The Morgan fingerprint density at radius 2 is 1.28 bits per heavy atom. The molecule has 1 aromatic heterocycles. The number of rotatable bonds is 12. The fourth-order valence-corrected chi connectivity index (χ4v) is 9.18. The topological polar surface area (TPSA) is 76.0 Å². The molecule has 2 aromatic carbocycles. The van der Waals surface area contributed by atoms with Crippen molar-refractivity contribution in [3.05, 3.63) is 66.0 Å². The van der Waals surface area contributed by atoms with E-state index in [0.717, 1.165) is 54.4 Å². The van der Waals surface area contributed by atoms with Crippen molar-refractivity contribution in [1.29, 1.82) is 0 Å². The second-order valence-corrected chi connectivity index (χ2v) is 14.9. The normalized spacial score (nSPS) is 29.0. The molecule has 2 aliphatic carbocycles. The molecule has 2 saturated carbocycles. The van der Waals surface area contributed by atoms with Crippen molar-refractivity contribution in [2.24, 2.45) is 23.7 Å². The Kier molecular flexibility index (Phi) is 8.52. The Hall–Kier alpha value is -3.16. The van der Waals surface area contributed by atoms with E-state index in [0.29, 0.717) is 12.0 Å². The summed E-state index contributed by atoms with van der Waals surface area (Å²) in [6.45, 7) is 10.9. The summed E-state index contributed by atoms with van der Waals surface area (Å²) >= 11 is 0. The third-order valence-electron chi connectivity index (χ3n) is 11.7. The van der Waals surface area contributed by atoms with E-state index < -0.39 is 12.2 Å². The van der Waals surface area contributed by atoms with Gasteiger partial charge in [-0.25, -0.2) is 9.97 Å². The van der Waals surface area contributed by atoms with Gasteiger partial charge < -0.3 is 24.9 Å². The first kappa shape index (κ1) is 31.4. The molecular formula is C39H53N5O2. The molecule has 7 nitrogen and oxygen atoms in total. The monoisotopic (exact) mass is 623 g/mol. The summed E-state index contributed by atoms with van der Waals surface area (Å²) in [5, 5.41) is 23.7. The number of aromatic nitrogens is 2. The first-order chi connectivity index (χ1) is 22.3. The second-order valence-electron chi connectivity index (χ2n) is 14.9. The maximum Gasteiger partial charge on any atom is 0.178 e. The van der Waals surface area contributed by atoms with Crippen molar-refractivity contribution in [2.75, 3.05) is 34.8 Å². The molecular weight excluding hydrogens is 570 g/mol. The van der Waals surface area contributed by atoms with Crippen molar-refractivity contribution in [1.82, 2.24) is 9.97 Å². The molecule has 246 valence electrons. The van der Waals surface area contributed by atoms with Gasteiger partial charge in [0.15, 0.2) is 11.6 Å². The van der Waals surface area contributed by atoms with Gasteiger partial charge in [-0.05, 0) is 59.9 Å². The van der Waals surface area contributed by atoms with Gasteiger partial charge in [-0.1, -0.05) is 96.6 Å². The molecule has 3 heterocycles. The Labute approximate surface area is 275 Å². The summed E-state index contributed by atoms with van der Waals surface area (Å²) in [4.78, 5) is 17.4. The highest BCUT2D eigenvalue weighted by atomic mass is 16.3. The summed E-state index contributed by atoms with van der Waals surface area (Å²) in [7, 11) is 2.19. The number of aliphatic hydroxyl groups is 2. The van der Waals surface area contributed by atoms with E-state index in [4.69, 9.17) is 9.97 Å². The molecule has 0 spiro atoms. The van der Waals surface area contributed by atoms with Gasteiger partial charge in [0.1, 0.15) is 5.82 Å². The second kappa shape index (κ2) is 12.5. The number of hydrogen-bond acceptors (Lipinski definition) is 7. The quantitative estimate of drug-likeness (QED) is 0.206. The highest BCUT2D eigenvalue weighted by Gasteiger charge is 2.70. The maximum absolute atomic E-state index is 11.9. The zero-order chi connectivity index (χ0) is 32.2. The lowest BCUT2D eigenvalue weighted by atomic mass is 9.64. The van der Waals surface area contributed by atoms with Gasteiger partial charge >= 0.3 is 0 Å². The zero-order valence-corrected chi connectivity index (χ0v) is 28.4. The van der Waals surface area contributed by atoms with Gasteiger partial charge in [0.05, 0.1) is 23.2 Å². The largest absolute Gasteiger partial charge is 0.392 e. The number of anilines is 3. The van der Waals surface area contributed by atoms with E-state index in [2.05, 4.69) is 79.8 Å². The third-order valence-corrected chi connectivity index (χ3v) is 11.7. The van der Waals surface area contributed by atoms with Crippen LogP contribution in [0.4, 0.5) is 17.3 Å². The molecule has 0 amide bonds. The number of para-hydroxylation sites is 3. The average Bonchev–Trinajstić information content (AvgIpc) is 3.74. The number of hydrogen-bond donors (Lipinski definition) is 2. The number of fused-ring (bicyclic) bond motifs is 4. The molecule has 0 radical (unpaired) electrons. The van der Waals surface area contributed by atoms with Crippen LogP contribution < -0.4 is 14.7 Å². The van der Waals surface area contributed by atoms with Crippen LogP contribution in [0, 0.1) is 23.7 Å². The van der Waals surface area contributed by atoms with Crippen LogP contribution in [0.3, 0.4) is 0 Å². The van der Waals surface area contributed by atoms with Crippen LogP contribution in [-0.2, 0) is 5.41 Å². The summed E-state index contributed by atoms with van der Waals surface area (Å²) in [5.74, 6) is 3.08. The average molecular weight is 624 g/mol. The van der Waals surface area contributed by atoms with Gasteiger partial charge in [0.2, 0.25) is 0 Å². The van der Waals surface area contributed by atoms with Crippen molar-refractivity contribution in [2.45, 2.75) is 103 Å². The summed E-state index contributed by atoms with van der Waals surface area (Å²) < 4.78 is 0. The predicted molar refractivity (Wildman–Crippen MR) is 188 cm³/mol. The minimum atomic E-state index is -0.585. The molecule has 46 heavy (non-hydrogen) atoms. The molecule has 3 aromatic rings. The molecule has 0 bridgehead atoms. The highest BCUT2D eigenvalue weighted by Crippen LogP contribution is 2.66. The van der Waals surface area contributed by atoms with Crippen LogP contribution in [0.2, 0.25) is 0 Å². The van der Waals surface area contributed by atoms with E-state index in [1.807, 2.05) is 24.3 Å². The fourth-order valence-electron chi connectivity index (χ4n) is 9.18. The predicted octanol–water partition coefficient (Wildman–Crippen LogP) is 7.27. The van der Waals surface area contributed by atoms with Crippen molar-refractivity contribution in [3.63, 3.8) is 0 Å². The Balaban J connectivity index is 1.19. The molecule has 4 aliphatic rings. The number of aliphatic hydroxyl groups excluding tert-OH is 2. The van der Waals surface area contributed by atoms with Crippen LogP contribution in [0.5, 0.6) is 0 Å². The maximum atomic E-state index is 11.9. The minimum Gasteiger partial charge on any atom is -0.392 e.